The number of benzene rings is 1. The molecule has 0 saturated heterocycles. The number of hydrogen-bond donors (Lipinski definition) is 2. The molecule has 8 heterocycles. The molecule has 16 heteroatoms. The molecule has 61 heavy (non-hydrogen) atoms. The summed E-state index contributed by atoms with van der Waals surface area (Å²) >= 11 is 0. The molecular weight excluding hydrogens is 773 g/mol. The van der Waals surface area contributed by atoms with Crippen LogP contribution in [0.2, 0.25) is 0 Å². The number of aliphatic imine (C=N–C) groups is 1. The SMILES string of the molecule is COC(=O)c1ccc2cccnc2n1.COc1ccccc1CN=C(N)c1ccc2cccnc2n1.N#Cc1ccc2cccnc2n1.NC(=O)c1ccc2cccnc2n1. The second-order valence-corrected chi connectivity index (χ2v) is 12.5. The lowest BCUT2D eigenvalue weighted by atomic mass is 10.2. The van der Waals surface area contributed by atoms with E-state index in [1.165, 1.54) is 7.11 Å². The molecule has 0 fully saturated rings. The van der Waals surface area contributed by atoms with Crippen LogP contribution in [0.5, 0.6) is 5.75 Å². The lowest BCUT2D eigenvalue weighted by Crippen LogP contribution is -2.15. The largest absolute Gasteiger partial charge is 0.496 e. The minimum absolute atomic E-state index is 0.242. The van der Waals surface area contributed by atoms with Gasteiger partial charge in [0.05, 0.1) is 20.8 Å². The number of carbonyl (C=O) groups is 2. The van der Waals surface area contributed by atoms with Crippen molar-refractivity contribution in [2.24, 2.45) is 16.5 Å². The first-order chi connectivity index (χ1) is 29.8. The molecule has 300 valence electrons. The summed E-state index contributed by atoms with van der Waals surface area (Å²) in [5.74, 6) is 0.204. The van der Waals surface area contributed by atoms with Crippen LogP contribution in [0.1, 0.15) is 37.9 Å². The van der Waals surface area contributed by atoms with Crippen molar-refractivity contribution in [2.75, 3.05) is 14.2 Å². The van der Waals surface area contributed by atoms with Crippen LogP contribution in [-0.2, 0) is 11.3 Å². The fourth-order valence-electron chi connectivity index (χ4n) is 5.46. The van der Waals surface area contributed by atoms with Crippen molar-refractivity contribution in [3.8, 4) is 11.8 Å². The zero-order valence-electron chi connectivity index (χ0n) is 32.8. The highest BCUT2D eigenvalue weighted by atomic mass is 16.5. The second kappa shape index (κ2) is 20.5. The van der Waals surface area contributed by atoms with E-state index in [2.05, 4.69) is 49.6 Å². The van der Waals surface area contributed by atoms with Crippen LogP contribution in [0.3, 0.4) is 0 Å². The molecule has 0 radical (unpaired) electrons. The topological polar surface area (TPSA) is 244 Å². The zero-order valence-corrected chi connectivity index (χ0v) is 32.8. The monoisotopic (exact) mass is 808 g/mol. The number of aromatic nitrogens is 8. The zero-order chi connectivity index (χ0) is 43.0. The average molecular weight is 809 g/mol. The van der Waals surface area contributed by atoms with Crippen molar-refractivity contribution < 1.29 is 19.1 Å². The maximum absolute atomic E-state index is 11.1. The Morgan fingerprint density at radius 2 is 1.03 bits per heavy atom. The van der Waals surface area contributed by atoms with Gasteiger partial charge in [0.2, 0.25) is 0 Å². The van der Waals surface area contributed by atoms with Gasteiger partial charge in [0.1, 0.15) is 34.7 Å². The standard InChI is InChI=1S/C17H16N4O.C10H8N2O2.C9H7N3O.C9H5N3/c1-22-15-7-3-2-5-13(15)11-20-16(18)14-9-8-12-6-4-10-19-17(12)21-14;1-14-10(13)8-5-4-7-3-2-6-11-9(7)12-8;10-8(13)7-4-3-6-2-1-5-11-9(6)12-7;10-6-8-4-3-7-2-1-5-11-9(7)12-8/h2-10H,11H2,1H3,(H2,18,20);2-6H,1H3;1-5H,(H2,10,13);1-5H. The highest BCUT2D eigenvalue weighted by Crippen LogP contribution is 2.18. The number of methoxy groups -OCH3 is 2. The van der Waals surface area contributed by atoms with Gasteiger partial charge in [-0.15, -0.1) is 0 Å². The Kier molecular flexibility index (Phi) is 14.1. The van der Waals surface area contributed by atoms with Crippen LogP contribution >= 0.6 is 0 Å². The first-order valence-corrected chi connectivity index (χ1v) is 18.3. The van der Waals surface area contributed by atoms with E-state index in [-0.39, 0.29) is 11.4 Å². The molecule has 0 saturated carbocycles. The molecule has 4 N–H and O–H groups in total. The summed E-state index contributed by atoms with van der Waals surface area (Å²) in [6.45, 7) is 0.442. The number of carbonyl (C=O) groups excluding carboxylic acids is 2. The Bertz CT molecular complexity index is 3050. The maximum atomic E-state index is 11.1. The molecule has 9 rings (SSSR count). The number of pyridine rings is 8. The van der Waals surface area contributed by atoms with Crippen LogP contribution in [0.15, 0.2) is 151 Å². The second-order valence-electron chi connectivity index (χ2n) is 12.5. The Balaban J connectivity index is 0.000000141. The summed E-state index contributed by atoms with van der Waals surface area (Å²) in [6, 6.07) is 38.8. The number of fused-ring (bicyclic) bond motifs is 4. The number of amidine groups is 1. The highest BCUT2D eigenvalue weighted by Gasteiger charge is 2.08. The van der Waals surface area contributed by atoms with E-state index in [4.69, 9.17) is 21.5 Å². The molecule has 8 aromatic heterocycles. The van der Waals surface area contributed by atoms with Crippen LogP contribution in [0, 0.1) is 11.3 Å². The molecular formula is C45H36N12O4. The van der Waals surface area contributed by atoms with Crippen molar-refractivity contribution >= 4 is 61.8 Å². The third-order valence-electron chi connectivity index (χ3n) is 8.49. The summed E-state index contributed by atoms with van der Waals surface area (Å²) in [5.41, 5.74) is 16.0. The first kappa shape index (κ1) is 41.8. The maximum Gasteiger partial charge on any atom is 0.356 e. The lowest BCUT2D eigenvalue weighted by molar-refractivity contribution is 0.0594. The fourth-order valence-corrected chi connectivity index (χ4v) is 5.46. The number of nitrogens with zero attached hydrogens (tertiary/aromatic N) is 10. The van der Waals surface area contributed by atoms with Gasteiger partial charge in [-0.2, -0.15) is 5.26 Å². The van der Waals surface area contributed by atoms with E-state index < -0.39 is 11.9 Å². The fraction of sp³-hybridized carbons (Fsp3) is 0.0667. The minimum Gasteiger partial charge on any atom is -0.496 e. The Labute approximate surface area is 348 Å². The van der Waals surface area contributed by atoms with Crippen LogP contribution in [0.4, 0.5) is 0 Å². The quantitative estimate of drug-likeness (QED) is 0.108. The molecule has 0 aliphatic carbocycles. The third kappa shape index (κ3) is 11.2. The van der Waals surface area contributed by atoms with Crippen molar-refractivity contribution in [2.45, 2.75) is 6.54 Å². The molecule has 0 aliphatic heterocycles. The normalized spacial score (nSPS) is 10.5. The third-order valence-corrected chi connectivity index (χ3v) is 8.49. The number of para-hydroxylation sites is 1. The van der Waals surface area contributed by atoms with Crippen molar-refractivity contribution in [3.05, 3.63) is 174 Å². The summed E-state index contributed by atoms with van der Waals surface area (Å²) in [4.78, 5) is 59.1. The molecule has 9 aromatic rings. The van der Waals surface area contributed by atoms with Gasteiger partial charge in [0, 0.05) is 51.9 Å². The van der Waals surface area contributed by atoms with E-state index in [1.807, 2.05) is 97.1 Å². The highest BCUT2D eigenvalue weighted by molar-refractivity contribution is 5.97. The van der Waals surface area contributed by atoms with Crippen LogP contribution < -0.4 is 16.2 Å². The Morgan fingerprint density at radius 1 is 0.574 bits per heavy atom. The van der Waals surface area contributed by atoms with Gasteiger partial charge < -0.3 is 20.9 Å². The van der Waals surface area contributed by atoms with E-state index in [1.54, 1.807) is 62.2 Å². The molecule has 16 nitrogen and oxygen atoms in total. The molecule has 0 bridgehead atoms. The number of rotatable bonds is 6. The average Bonchev–Trinajstić information content (AvgIpc) is 3.33. The van der Waals surface area contributed by atoms with Gasteiger partial charge in [-0.25, -0.2) is 44.7 Å². The number of nitriles is 1. The van der Waals surface area contributed by atoms with E-state index in [9.17, 15) is 9.59 Å². The Morgan fingerprint density at radius 3 is 1.54 bits per heavy atom. The number of nitrogens with two attached hydrogens (primary N) is 2. The van der Waals surface area contributed by atoms with Crippen LogP contribution in [0.25, 0.3) is 44.1 Å². The number of primary amides is 1. The van der Waals surface area contributed by atoms with Crippen LogP contribution in [-0.4, -0.2) is 71.8 Å². The van der Waals surface area contributed by atoms with Crippen molar-refractivity contribution in [1.82, 2.24) is 39.9 Å². The smallest absolute Gasteiger partial charge is 0.356 e. The summed E-state index contributed by atoms with van der Waals surface area (Å²) < 4.78 is 9.86. The number of ether oxygens (including phenoxy) is 2. The van der Waals surface area contributed by atoms with Gasteiger partial charge in [0.25, 0.3) is 5.91 Å². The van der Waals surface area contributed by atoms with E-state index in [0.717, 1.165) is 32.9 Å². The predicted octanol–water partition coefficient (Wildman–Crippen LogP) is 6.19. The van der Waals surface area contributed by atoms with Crippen molar-refractivity contribution in [1.29, 1.82) is 5.26 Å². The molecule has 0 spiro atoms. The molecule has 0 aliphatic rings. The summed E-state index contributed by atoms with van der Waals surface area (Å²) in [7, 11) is 2.97. The lowest BCUT2D eigenvalue weighted by Gasteiger charge is -2.06. The summed E-state index contributed by atoms with van der Waals surface area (Å²) in [6.07, 6.45) is 6.63. The predicted molar refractivity (Wildman–Crippen MR) is 230 cm³/mol. The number of esters is 1. The van der Waals surface area contributed by atoms with Gasteiger partial charge in [-0.3, -0.25) is 9.79 Å². The van der Waals surface area contributed by atoms with E-state index in [0.29, 0.717) is 46.4 Å². The summed E-state index contributed by atoms with van der Waals surface area (Å²) in [5, 5.41) is 12.3. The number of amides is 1. The Hall–Kier alpha value is -8.84. The van der Waals surface area contributed by atoms with Gasteiger partial charge in [0.15, 0.2) is 28.3 Å². The number of hydrogen-bond acceptors (Lipinski definition) is 14. The molecule has 1 aromatic carbocycles. The van der Waals surface area contributed by atoms with Gasteiger partial charge in [-0.05, 0) is 103 Å². The molecule has 0 unspecified atom stereocenters. The van der Waals surface area contributed by atoms with Crippen molar-refractivity contribution in [3.63, 3.8) is 0 Å². The molecule has 0 atom stereocenters. The van der Waals surface area contributed by atoms with Gasteiger partial charge in [-0.1, -0.05) is 18.2 Å². The van der Waals surface area contributed by atoms with Gasteiger partial charge >= 0.3 is 5.97 Å². The van der Waals surface area contributed by atoms with E-state index >= 15 is 0 Å². The first-order valence-electron chi connectivity index (χ1n) is 18.3. The minimum atomic E-state index is -0.535. The molecule has 1 amide bonds.